The van der Waals surface area contributed by atoms with Crippen LogP contribution in [0.1, 0.15) is 11.1 Å². The molecule has 0 heterocycles. The minimum absolute atomic E-state index is 0.323. The number of nitro benzene ring substituents is 1. The summed E-state index contributed by atoms with van der Waals surface area (Å²) in [5.41, 5.74) is 5.88. The third-order valence-electron chi connectivity index (χ3n) is 1.96. The van der Waals surface area contributed by atoms with Gasteiger partial charge in [0.25, 0.3) is 5.69 Å². The van der Waals surface area contributed by atoms with E-state index in [-0.39, 0.29) is 6.54 Å². The zero-order chi connectivity index (χ0) is 14.5. The molecular weight excluding hydrogens is 265 g/mol. The van der Waals surface area contributed by atoms with Crippen LogP contribution in [0.3, 0.4) is 0 Å². The van der Waals surface area contributed by atoms with Crippen LogP contribution in [0, 0.1) is 22.0 Å². The normalized spacial score (nSPS) is 10.1. The van der Waals surface area contributed by atoms with Crippen LogP contribution in [0.15, 0.2) is 23.3 Å². The van der Waals surface area contributed by atoms with Crippen molar-refractivity contribution in [1.29, 1.82) is 0 Å². The summed E-state index contributed by atoms with van der Waals surface area (Å²) < 4.78 is 37.9. The number of azide groups is 1. The minimum Gasteiger partial charge on any atom is -0.258 e. The fourth-order valence-corrected chi connectivity index (χ4v) is 1.20. The molecule has 19 heavy (non-hydrogen) atoms. The molecule has 0 aliphatic carbocycles. The lowest BCUT2D eigenvalue weighted by Crippen LogP contribution is -2.08. The first-order valence-corrected chi connectivity index (χ1v) is 4.71. The number of halogens is 3. The number of non-ortho nitro benzene ring substituents is 1. The van der Waals surface area contributed by atoms with Gasteiger partial charge in [0.15, 0.2) is 0 Å². The number of hydrogen-bond acceptors (Lipinski definition) is 3. The third-order valence-corrected chi connectivity index (χ3v) is 1.96. The molecule has 0 aliphatic rings. The van der Waals surface area contributed by atoms with Gasteiger partial charge in [0, 0.05) is 22.6 Å². The molecule has 9 heteroatoms. The summed E-state index contributed by atoms with van der Waals surface area (Å²) in [6.45, 7) is -0.323. The quantitative estimate of drug-likeness (QED) is 0.206. The van der Waals surface area contributed by atoms with Crippen LogP contribution < -0.4 is 0 Å². The standard InChI is InChI=1S/C10H5F3N4O2/c11-10(12,13)9-4-3-8(17(18)19)6-7(9)2-1-5-15-16-14/h3-4,6H,5H2. The topological polar surface area (TPSA) is 91.9 Å². The number of rotatable bonds is 2. The van der Waals surface area contributed by atoms with Gasteiger partial charge >= 0.3 is 6.18 Å². The van der Waals surface area contributed by atoms with Crippen molar-refractivity contribution in [3.8, 4) is 11.8 Å². The van der Waals surface area contributed by atoms with Crippen LogP contribution in [0.2, 0.25) is 0 Å². The largest absolute Gasteiger partial charge is 0.417 e. The van der Waals surface area contributed by atoms with E-state index in [1.54, 1.807) is 0 Å². The Morgan fingerprint density at radius 2 is 2.16 bits per heavy atom. The van der Waals surface area contributed by atoms with Gasteiger partial charge in [-0.1, -0.05) is 17.0 Å². The molecule has 0 saturated carbocycles. The van der Waals surface area contributed by atoms with Gasteiger partial charge < -0.3 is 0 Å². The van der Waals surface area contributed by atoms with Crippen LogP contribution in [-0.4, -0.2) is 11.5 Å². The monoisotopic (exact) mass is 270 g/mol. The van der Waals surface area contributed by atoms with Gasteiger partial charge in [-0.3, -0.25) is 10.1 Å². The smallest absolute Gasteiger partial charge is 0.258 e. The molecule has 0 unspecified atom stereocenters. The number of hydrogen-bond donors (Lipinski definition) is 0. The molecule has 1 rings (SSSR count). The first-order valence-electron chi connectivity index (χ1n) is 4.71. The number of alkyl halides is 3. The molecule has 0 atom stereocenters. The van der Waals surface area contributed by atoms with Crippen molar-refractivity contribution in [2.75, 3.05) is 6.54 Å². The minimum atomic E-state index is -4.67. The Balaban J connectivity index is 3.28. The van der Waals surface area contributed by atoms with E-state index in [4.69, 9.17) is 5.53 Å². The van der Waals surface area contributed by atoms with E-state index in [1.807, 2.05) is 0 Å². The van der Waals surface area contributed by atoms with Crippen molar-refractivity contribution >= 4 is 5.69 Å². The SMILES string of the molecule is [N-]=[N+]=NCC#Cc1cc([N+](=O)[O-])ccc1C(F)(F)F. The van der Waals surface area contributed by atoms with Crippen LogP contribution >= 0.6 is 0 Å². The molecule has 0 saturated heterocycles. The van der Waals surface area contributed by atoms with E-state index < -0.39 is 27.9 Å². The summed E-state index contributed by atoms with van der Waals surface area (Å²) in [4.78, 5) is 12.1. The van der Waals surface area contributed by atoms with Crippen LogP contribution in [0.25, 0.3) is 10.4 Å². The van der Waals surface area contributed by atoms with Crippen LogP contribution in [-0.2, 0) is 6.18 Å². The molecule has 6 nitrogen and oxygen atoms in total. The second-order valence-corrected chi connectivity index (χ2v) is 3.18. The Kier molecular flexibility index (Phi) is 4.34. The van der Waals surface area contributed by atoms with Gasteiger partial charge in [-0.05, 0) is 11.6 Å². The maximum atomic E-state index is 12.6. The molecule has 0 amide bonds. The summed E-state index contributed by atoms with van der Waals surface area (Å²) in [5, 5.41) is 13.5. The van der Waals surface area contributed by atoms with E-state index in [2.05, 4.69) is 21.9 Å². The highest BCUT2D eigenvalue weighted by atomic mass is 19.4. The average molecular weight is 270 g/mol. The lowest BCUT2D eigenvalue weighted by molar-refractivity contribution is -0.384. The molecule has 1 aromatic carbocycles. The molecule has 1 aromatic rings. The van der Waals surface area contributed by atoms with Crippen molar-refractivity contribution < 1.29 is 18.1 Å². The van der Waals surface area contributed by atoms with Gasteiger partial charge in [0.05, 0.1) is 17.0 Å². The van der Waals surface area contributed by atoms with Gasteiger partial charge in [-0.25, -0.2) is 0 Å². The molecule has 0 radical (unpaired) electrons. The highest BCUT2D eigenvalue weighted by Gasteiger charge is 2.33. The van der Waals surface area contributed by atoms with Gasteiger partial charge in [-0.2, -0.15) is 13.2 Å². The number of nitro groups is 1. The molecule has 0 aromatic heterocycles. The summed E-state index contributed by atoms with van der Waals surface area (Å²) in [6, 6.07) is 2.07. The number of nitrogens with zero attached hydrogens (tertiary/aromatic N) is 4. The second-order valence-electron chi connectivity index (χ2n) is 3.18. The van der Waals surface area contributed by atoms with Crippen molar-refractivity contribution in [2.45, 2.75) is 6.18 Å². The Bertz CT molecular complexity index is 609. The summed E-state index contributed by atoms with van der Waals surface area (Å²) in [5.74, 6) is 4.30. The maximum Gasteiger partial charge on any atom is 0.417 e. The van der Waals surface area contributed by atoms with Crippen molar-refractivity contribution in [3.05, 3.63) is 49.9 Å². The maximum absolute atomic E-state index is 12.6. The third kappa shape index (κ3) is 3.90. The predicted octanol–water partition coefficient (Wildman–Crippen LogP) is 3.28. The highest BCUT2D eigenvalue weighted by molar-refractivity contribution is 5.49. The Labute approximate surface area is 104 Å². The highest BCUT2D eigenvalue weighted by Crippen LogP contribution is 2.33. The zero-order valence-corrected chi connectivity index (χ0v) is 9.18. The first-order chi connectivity index (χ1) is 8.86. The fraction of sp³-hybridized carbons (Fsp3) is 0.200. The zero-order valence-electron chi connectivity index (χ0n) is 9.18. The molecule has 0 N–H and O–H groups in total. The Morgan fingerprint density at radius 3 is 2.68 bits per heavy atom. The molecule has 98 valence electrons. The van der Waals surface area contributed by atoms with Crippen molar-refractivity contribution in [3.63, 3.8) is 0 Å². The van der Waals surface area contributed by atoms with E-state index in [0.717, 1.165) is 12.1 Å². The summed E-state index contributed by atoms with van der Waals surface area (Å²) in [7, 11) is 0. The lowest BCUT2D eigenvalue weighted by Gasteiger charge is -2.08. The molecule has 0 bridgehead atoms. The molecule has 0 fully saturated rings. The Hall–Kier alpha value is -2.72. The first kappa shape index (κ1) is 14.3. The van der Waals surface area contributed by atoms with E-state index in [1.165, 1.54) is 0 Å². The van der Waals surface area contributed by atoms with E-state index >= 15 is 0 Å². The van der Waals surface area contributed by atoms with Gasteiger partial charge in [-0.15, -0.1) is 0 Å². The van der Waals surface area contributed by atoms with E-state index in [0.29, 0.717) is 6.07 Å². The van der Waals surface area contributed by atoms with Crippen molar-refractivity contribution in [2.24, 2.45) is 5.11 Å². The van der Waals surface area contributed by atoms with Crippen LogP contribution in [0.5, 0.6) is 0 Å². The van der Waals surface area contributed by atoms with Crippen LogP contribution in [0.4, 0.5) is 18.9 Å². The summed E-state index contributed by atoms with van der Waals surface area (Å²) >= 11 is 0. The molecule has 0 spiro atoms. The van der Waals surface area contributed by atoms with Gasteiger partial charge in [0.1, 0.15) is 0 Å². The predicted molar refractivity (Wildman–Crippen MR) is 59.0 cm³/mol. The second kappa shape index (κ2) is 5.75. The van der Waals surface area contributed by atoms with Gasteiger partial charge in [0.2, 0.25) is 0 Å². The lowest BCUT2D eigenvalue weighted by atomic mass is 10.1. The Morgan fingerprint density at radius 1 is 1.47 bits per heavy atom. The summed E-state index contributed by atoms with van der Waals surface area (Å²) in [6.07, 6.45) is -4.67. The van der Waals surface area contributed by atoms with E-state index in [9.17, 15) is 23.3 Å². The molecular formula is C10H5F3N4O2. The number of benzene rings is 1. The fourth-order valence-electron chi connectivity index (χ4n) is 1.20. The average Bonchev–Trinajstić information content (AvgIpc) is 2.33. The van der Waals surface area contributed by atoms with Crippen molar-refractivity contribution in [1.82, 2.24) is 0 Å². The molecule has 0 aliphatic heterocycles.